The van der Waals surface area contributed by atoms with Crippen LogP contribution in [0.1, 0.15) is 21.5 Å². The Labute approximate surface area is 185 Å². The summed E-state index contributed by atoms with van der Waals surface area (Å²) in [6.07, 6.45) is 0.980. The summed E-state index contributed by atoms with van der Waals surface area (Å²) in [5.74, 6) is -2.53. The van der Waals surface area contributed by atoms with Crippen molar-refractivity contribution in [2.45, 2.75) is 13.2 Å². The molecule has 168 valence electrons. The zero-order valence-electron chi connectivity index (χ0n) is 17.5. The van der Waals surface area contributed by atoms with Crippen LogP contribution in [0.2, 0.25) is 0 Å². The maximum absolute atomic E-state index is 13.6. The van der Waals surface area contributed by atoms with E-state index in [9.17, 15) is 22.0 Å². The van der Waals surface area contributed by atoms with Crippen molar-refractivity contribution in [3.8, 4) is 0 Å². The number of sulfonamides is 1. The van der Waals surface area contributed by atoms with E-state index in [4.69, 9.17) is 4.74 Å². The van der Waals surface area contributed by atoms with Crippen molar-refractivity contribution < 1.29 is 26.7 Å². The van der Waals surface area contributed by atoms with Crippen LogP contribution in [0.15, 0.2) is 66.7 Å². The predicted molar refractivity (Wildman–Crippen MR) is 119 cm³/mol. The van der Waals surface area contributed by atoms with Crippen molar-refractivity contribution in [1.29, 1.82) is 0 Å². The summed E-state index contributed by atoms with van der Waals surface area (Å²) >= 11 is 0. The molecule has 0 spiro atoms. The van der Waals surface area contributed by atoms with Crippen molar-refractivity contribution >= 4 is 27.3 Å². The molecule has 1 amide bonds. The van der Waals surface area contributed by atoms with Crippen LogP contribution in [0, 0.1) is 11.6 Å². The van der Waals surface area contributed by atoms with Crippen LogP contribution in [-0.2, 0) is 27.9 Å². The molecule has 0 unspecified atom stereocenters. The Kier molecular flexibility index (Phi) is 7.22. The van der Waals surface area contributed by atoms with Gasteiger partial charge in [-0.05, 0) is 47.5 Å². The molecule has 0 fully saturated rings. The molecule has 9 heteroatoms. The van der Waals surface area contributed by atoms with Crippen molar-refractivity contribution in [2.24, 2.45) is 0 Å². The van der Waals surface area contributed by atoms with E-state index in [2.05, 4.69) is 5.32 Å². The maximum Gasteiger partial charge on any atom is 0.255 e. The molecular formula is C23H22F2N2O4S. The first-order valence-electron chi connectivity index (χ1n) is 9.58. The molecule has 32 heavy (non-hydrogen) atoms. The zero-order valence-corrected chi connectivity index (χ0v) is 18.3. The van der Waals surface area contributed by atoms with Gasteiger partial charge in [-0.25, -0.2) is 17.2 Å². The lowest BCUT2D eigenvalue weighted by Crippen LogP contribution is -2.29. The minimum atomic E-state index is -3.77. The Hall–Kier alpha value is -3.30. The van der Waals surface area contributed by atoms with Gasteiger partial charge in [-0.15, -0.1) is 0 Å². The lowest BCUT2D eigenvalue weighted by Gasteiger charge is -2.22. The fraction of sp³-hybridized carbons (Fsp3) is 0.174. The standard InChI is InChI=1S/C23H22F2N2O4S/c1-31-15-17-4-3-5-19(12-17)26-23(28)18-8-6-16(7-9-18)14-27(32(2,29)30)20-10-11-21(24)22(25)13-20/h3-13H,14-15H2,1-2H3,(H,26,28). The van der Waals surface area contributed by atoms with E-state index in [1.807, 2.05) is 18.2 Å². The predicted octanol–water partition coefficient (Wildman–Crippen LogP) is 4.33. The normalized spacial score (nSPS) is 11.2. The molecule has 0 saturated carbocycles. The monoisotopic (exact) mass is 460 g/mol. The number of ether oxygens (including phenoxy) is 1. The van der Waals surface area contributed by atoms with Gasteiger partial charge in [0.05, 0.1) is 25.1 Å². The Morgan fingerprint density at radius 3 is 2.31 bits per heavy atom. The summed E-state index contributed by atoms with van der Waals surface area (Å²) in [7, 11) is -2.18. The third-order valence-electron chi connectivity index (χ3n) is 4.63. The number of hydrogen-bond donors (Lipinski definition) is 1. The topological polar surface area (TPSA) is 75.7 Å². The Bertz CT molecular complexity index is 1210. The number of anilines is 2. The molecule has 0 saturated heterocycles. The van der Waals surface area contributed by atoms with E-state index in [0.29, 0.717) is 23.4 Å². The van der Waals surface area contributed by atoms with Gasteiger partial charge in [-0.1, -0.05) is 24.3 Å². The first-order chi connectivity index (χ1) is 15.2. The van der Waals surface area contributed by atoms with Gasteiger partial charge < -0.3 is 10.1 Å². The molecule has 0 atom stereocenters. The number of hydrogen-bond acceptors (Lipinski definition) is 4. The average molecular weight is 461 g/mol. The van der Waals surface area contributed by atoms with Crippen LogP contribution >= 0.6 is 0 Å². The van der Waals surface area contributed by atoms with Crippen molar-refractivity contribution in [3.05, 3.63) is 95.1 Å². The van der Waals surface area contributed by atoms with Crippen LogP contribution in [0.5, 0.6) is 0 Å². The molecule has 0 aliphatic heterocycles. The highest BCUT2D eigenvalue weighted by Gasteiger charge is 2.19. The Balaban J connectivity index is 1.75. The summed E-state index contributed by atoms with van der Waals surface area (Å²) in [6, 6.07) is 16.5. The third kappa shape index (κ3) is 5.89. The molecular weight excluding hydrogens is 438 g/mol. The second-order valence-electron chi connectivity index (χ2n) is 7.15. The highest BCUT2D eigenvalue weighted by Crippen LogP contribution is 2.23. The molecule has 0 aliphatic carbocycles. The molecule has 6 nitrogen and oxygen atoms in total. The molecule has 1 N–H and O–H groups in total. The molecule has 0 heterocycles. The first kappa shape index (κ1) is 23.4. The Morgan fingerprint density at radius 2 is 1.69 bits per heavy atom. The van der Waals surface area contributed by atoms with Gasteiger partial charge in [-0.2, -0.15) is 0 Å². The van der Waals surface area contributed by atoms with Gasteiger partial charge in [0.25, 0.3) is 5.91 Å². The maximum atomic E-state index is 13.6. The lowest BCUT2D eigenvalue weighted by molar-refractivity contribution is 0.102. The highest BCUT2D eigenvalue weighted by atomic mass is 32.2. The molecule has 3 rings (SSSR count). The molecule has 0 radical (unpaired) electrons. The molecule has 0 bridgehead atoms. The van der Waals surface area contributed by atoms with Crippen LogP contribution in [0.25, 0.3) is 0 Å². The number of rotatable bonds is 8. The van der Waals surface area contributed by atoms with E-state index in [0.717, 1.165) is 28.3 Å². The van der Waals surface area contributed by atoms with Crippen molar-refractivity contribution in [1.82, 2.24) is 0 Å². The summed E-state index contributed by atoms with van der Waals surface area (Å²) < 4.78 is 57.3. The second kappa shape index (κ2) is 9.88. The fourth-order valence-corrected chi connectivity index (χ4v) is 3.96. The van der Waals surface area contributed by atoms with E-state index in [-0.39, 0.29) is 18.1 Å². The van der Waals surface area contributed by atoms with E-state index >= 15 is 0 Å². The number of carbonyl (C=O) groups is 1. The van der Waals surface area contributed by atoms with Crippen molar-refractivity contribution in [3.63, 3.8) is 0 Å². The third-order valence-corrected chi connectivity index (χ3v) is 5.77. The number of methoxy groups -OCH3 is 1. The van der Waals surface area contributed by atoms with E-state index < -0.39 is 21.7 Å². The van der Waals surface area contributed by atoms with Crippen LogP contribution in [-0.4, -0.2) is 27.7 Å². The van der Waals surface area contributed by atoms with Gasteiger partial charge in [-0.3, -0.25) is 9.10 Å². The van der Waals surface area contributed by atoms with E-state index in [1.54, 1.807) is 37.4 Å². The molecule has 3 aromatic carbocycles. The summed E-state index contributed by atoms with van der Waals surface area (Å²) in [6.45, 7) is 0.318. The minimum Gasteiger partial charge on any atom is -0.380 e. The van der Waals surface area contributed by atoms with Gasteiger partial charge in [0.2, 0.25) is 10.0 Å². The summed E-state index contributed by atoms with van der Waals surface area (Å²) in [5.41, 5.74) is 2.49. The van der Waals surface area contributed by atoms with Crippen LogP contribution in [0.3, 0.4) is 0 Å². The second-order valence-corrected chi connectivity index (χ2v) is 9.06. The highest BCUT2D eigenvalue weighted by molar-refractivity contribution is 7.92. The number of halogens is 2. The van der Waals surface area contributed by atoms with Crippen LogP contribution in [0.4, 0.5) is 20.2 Å². The van der Waals surface area contributed by atoms with Gasteiger partial charge in [0.1, 0.15) is 0 Å². The van der Waals surface area contributed by atoms with Gasteiger partial charge in [0, 0.05) is 24.4 Å². The molecule has 0 aliphatic rings. The number of amides is 1. The zero-order chi connectivity index (χ0) is 23.3. The summed E-state index contributed by atoms with van der Waals surface area (Å²) in [4.78, 5) is 12.5. The Morgan fingerprint density at radius 1 is 0.969 bits per heavy atom. The SMILES string of the molecule is COCc1cccc(NC(=O)c2ccc(CN(c3ccc(F)c(F)c3)S(C)(=O)=O)cc2)c1. The fourth-order valence-electron chi connectivity index (χ4n) is 3.08. The quantitative estimate of drug-likeness (QED) is 0.543. The smallest absolute Gasteiger partial charge is 0.255 e. The van der Waals surface area contributed by atoms with Gasteiger partial charge >= 0.3 is 0 Å². The first-order valence-corrected chi connectivity index (χ1v) is 11.4. The number of nitrogens with one attached hydrogen (secondary N) is 1. The number of nitrogens with zero attached hydrogens (tertiary/aromatic N) is 1. The molecule has 0 aromatic heterocycles. The average Bonchev–Trinajstić information content (AvgIpc) is 2.74. The largest absolute Gasteiger partial charge is 0.380 e. The van der Waals surface area contributed by atoms with Gasteiger partial charge in [0.15, 0.2) is 11.6 Å². The number of carbonyl (C=O) groups excluding carboxylic acids is 1. The van der Waals surface area contributed by atoms with Crippen molar-refractivity contribution in [2.75, 3.05) is 23.0 Å². The lowest BCUT2D eigenvalue weighted by atomic mass is 10.1. The van der Waals surface area contributed by atoms with Crippen LogP contribution < -0.4 is 9.62 Å². The molecule has 3 aromatic rings. The number of benzene rings is 3. The summed E-state index contributed by atoms with van der Waals surface area (Å²) in [5, 5.41) is 2.80. The van der Waals surface area contributed by atoms with E-state index in [1.165, 1.54) is 6.07 Å². The minimum absolute atomic E-state index is 0.00385.